The molecule has 0 saturated carbocycles. The molecule has 0 atom stereocenters. The van der Waals surface area contributed by atoms with Gasteiger partial charge in [0.05, 0.1) is 6.61 Å². The molecule has 1 rings (SSSR count). The zero-order chi connectivity index (χ0) is 13.4. The monoisotopic (exact) mass is 271 g/mol. The van der Waals surface area contributed by atoms with E-state index in [1.807, 2.05) is 6.20 Å². The van der Waals surface area contributed by atoms with Crippen LogP contribution in [-0.2, 0) is 11.3 Å². The molecule has 0 radical (unpaired) electrons. The second-order valence-corrected chi connectivity index (χ2v) is 5.80. The second kappa shape index (κ2) is 8.45. The van der Waals surface area contributed by atoms with Crippen molar-refractivity contribution in [3.63, 3.8) is 0 Å². The lowest BCUT2D eigenvalue weighted by molar-refractivity contribution is 0.205. The van der Waals surface area contributed by atoms with Gasteiger partial charge in [-0.1, -0.05) is 13.8 Å². The van der Waals surface area contributed by atoms with E-state index in [2.05, 4.69) is 36.0 Å². The largest absolute Gasteiger partial charge is 0.383 e. The van der Waals surface area contributed by atoms with Gasteiger partial charge in [0.2, 0.25) is 0 Å². The number of hydrogen-bond acceptors (Lipinski definition) is 5. The molecule has 1 heterocycles. The zero-order valence-corrected chi connectivity index (χ0v) is 12.7. The number of rotatable bonds is 9. The predicted molar refractivity (Wildman–Crippen MR) is 78.4 cm³/mol. The summed E-state index contributed by atoms with van der Waals surface area (Å²) < 4.78 is 5.12. The van der Waals surface area contributed by atoms with E-state index in [1.54, 1.807) is 18.4 Å². The summed E-state index contributed by atoms with van der Waals surface area (Å²) in [5.74, 6) is 0.686. The zero-order valence-electron chi connectivity index (χ0n) is 11.9. The fourth-order valence-electron chi connectivity index (χ4n) is 1.60. The van der Waals surface area contributed by atoms with E-state index in [-0.39, 0.29) is 0 Å². The van der Waals surface area contributed by atoms with E-state index in [4.69, 9.17) is 4.74 Å². The van der Waals surface area contributed by atoms with Crippen molar-refractivity contribution in [2.75, 3.05) is 38.3 Å². The van der Waals surface area contributed by atoms with Crippen molar-refractivity contribution in [2.45, 2.75) is 27.3 Å². The molecular weight excluding hydrogens is 246 g/mol. The Morgan fingerprint density at radius 1 is 1.50 bits per heavy atom. The first-order valence-electron chi connectivity index (χ1n) is 6.56. The number of nitrogens with zero attached hydrogens (tertiary/aromatic N) is 2. The molecule has 0 unspecified atom stereocenters. The van der Waals surface area contributed by atoms with Gasteiger partial charge in [0.25, 0.3) is 0 Å². The molecule has 0 saturated heterocycles. The molecule has 1 N–H and O–H groups in total. The molecule has 0 fully saturated rings. The van der Waals surface area contributed by atoms with Gasteiger partial charge in [-0.15, -0.1) is 11.3 Å². The Kier molecular flexibility index (Phi) is 7.23. The van der Waals surface area contributed by atoms with Crippen molar-refractivity contribution in [3.8, 4) is 0 Å². The lowest BCUT2D eigenvalue weighted by Crippen LogP contribution is -2.26. The maximum absolute atomic E-state index is 5.12. The number of hydrogen-bond donors (Lipinski definition) is 1. The van der Waals surface area contributed by atoms with Crippen LogP contribution in [0.15, 0.2) is 6.20 Å². The van der Waals surface area contributed by atoms with Crippen molar-refractivity contribution in [1.29, 1.82) is 0 Å². The van der Waals surface area contributed by atoms with E-state index in [1.165, 1.54) is 4.88 Å². The number of anilines is 1. The van der Waals surface area contributed by atoms with Crippen LogP contribution >= 0.6 is 11.3 Å². The number of thiazole rings is 1. The van der Waals surface area contributed by atoms with Crippen LogP contribution in [0.2, 0.25) is 0 Å². The van der Waals surface area contributed by atoms with Gasteiger partial charge in [-0.05, 0) is 19.4 Å². The highest BCUT2D eigenvalue weighted by Crippen LogP contribution is 2.22. The van der Waals surface area contributed by atoms with Gasteiger partial charge in [-0.25, -0.2) is 4.98 Å². The van der Waals surface area contributed by atoms with Crippen molar-refractivity contribution < 1.29 is 4.74 Å². The molecule has 1 aromatic rings. The average Bonchev–Trinajstić information content (AvgIpc) is 2.78. The first-order chi connectivity index (χ1) is 8.67. The molecule has 0 aliphatic rings. The summed E-state index contributed by atoms with van der Waals surface area (Å²) in [5.41, 5.74) is 0. The van der Waals surface area contributed by atoms with Crippen LogP contribution in [0.3, 0.4) is 0 Å². The van der Waals surface area contributed by atoms with Crippen LogP contribution in [0.4, 0.5) is 5.13 Å². The maximum atomic E-state index is 5.12. The average molecular weight is 271 g/mol. The highest BCUT2D eigenvalue weighted by molar-refractivity contribution is 7.15. The molecule has 5 heteroatoms. The third-order valence-corrected chi connectivity index (χ3v) is 3.67. The van der Waals surface area contributed by atoms with Gasteiger partial charge in [0.1, 0.15) is 0 Å². The van der Waals surface area contributed by atoms with Crippen LogP contribution in [0.1, 0.15) is 25.6 Å². The summed E-state index contributed by atoms with van der Waals surface area (Å²) in [6.07, 6.45) is 1.97. The van der Waals surface area contributed by atoms with E-state index in [0.29, 0.717) is 5.92 Å². The third kappa shape index (κ3) is 5.33. The Labute approximate surface area is 114 Å². The van der Waals surface area contributed by atoms with E-state index in [0.717, 1.165) is 37.9 Å². The fraction of sp³-hybridized carbons (Fsp3) is 0.769. The molecule has 0 aliphatic carbocycles. The Hall–Kier alpha value is -0.650. The number of ether oxygens (including phenoxy) is 1. The van der Waals surface area contributed by atoms with Crippen molar-refractivity contribution in [2.24, 2.45) is 5.92 Å². The highest BCUT2D eigenvalue weighted by atomic mass is 32.1. The smallest absolute Gasteiger partial charge is 0.185 e. The van der Waals surface area contributed by atoms with Crippen LogP contribution in [0.5, 0.6) is 0 Å². The molecule has 0 aliphatic heterocycles. The Morgan fingerprint density at radius 2 is 2.28 bits per heavy atom. The van der Waals surface area contributed by atoms with E-state index >= 15 is 0 Å². The number of methoxy groups -OCH3 is 1. The quantitative estimate of drug-likeness (QED) is 0.748. The first-order valence-corrected chi connectivity index (χ1v) is 7.38. The molecule has 104 valence electrons. The van der Waals surface area contributed by atoms with E-state index in [9.17, 15) is 0 Å². The number of aromatic nitrogens is 1. The predicted octanol–water partition coefficient (Wildman–Crippen LogP) is 2.36. The van der Waals surface area contributed by atoms with Gasteiger partial charge in [0, 0.05) is 37.8 Å². The van der Waals surface area contributed by atoms with Crippen molar-refractivity contribution >= 4 is 16.5 Å². The van der Waals surface area contributed by atoms with Gasteiger partial charge >= 0.3 is 0 Å². The van der Waals surface area contributed by atoms with Crippen LogP contribution in [-0.4, -0.2) is 38.3 Å². The lowest BCUT2D eigenvalue weighted by atomic mass is 10.2. The normalized spacial score (nSPS) is 11.2. The molecule has 0 spiro atoms. The second-order valence-electron chi connectivity index (χ2n) is 4.71. The molecule has 0 bridgehead atoms. The van der Waals surface area contributed by atoms with Crippen molar-refractivity contribution in [1.82, 2.24) is 10.3 Å². The minimum absolute atomic E-state index is 0.686. The van der Waals surface area contributed by atoms with E-state index < -0.39 is 0 Å². The Balaban J connectivity index is 2.45. The molecule has 0 aromatic carbocycles. The van der Waals surface area contributed by atoms with Crippen LogP contribution in [0, 0.1) is 5.92 Å². The Morgan fingerprint density at radius 3 is 2.89 bits per heavy atom. The summed E-state index contributed by atoms with van der Waals surface area (Å²) in [4.78, 5) is 8.03. The highest BCUT2D eigenvalue weighted by Gasteiger charge is 2.09. The third-order valence-electron chi connectivity index (χ3n) is 2.61. The summed E-state index contributed by atoms with van der Waals surface area (Å²) >= 11 is 1.76. The number of likely N-dealkylation sites (N-methyl/N-ethyl adjacent to an activating group) is 1. The first kappa shape index (κ1) is 15.4. The molecule has 1 aromatic heterocycles. The summed E-state index contributed by atoms with van der Waals surface area (Å²) in [7, 11) is 1.73. The van der Waals surface area contributed by atoms with Crippen molar-refractivity contribution in [3.05, 3.63) is 11.1 Å². The Bertz CT molecular complexity index is 328. The molecular formula is C13H25N3OS. The SMILES string of the molecule is CCN(CCOC)c1ncc(CNCC(C)C)s1. The molecule has 4 nitrogen and oxygen atoms in total. The fourth-order valence-corrected chi connectivity index (χ4v) is 2.57. The van der Waals surface area contributed by atoms with Gasteiger partial charge in [-0.2, -0.15) is 0 Å². The summed E-state index contributed by atoms with van der Waals surface area (Å²) in [6.45, 7) is 11.2. The topological polar surface area (TPSA) is 37.4 Å². The summed E-state index contributed by atoms with van der Waals surface area (Å²) in [6, 6.07) is 0. The lowest BCUT2D eigenvalue weighted by Gasteiger charge is -2.18. The number of nitrogens with one attached hydrogen (secondary N) is 1. The standard InChI is InChI=1S/C13H25N3OS/c1-5-16(6-7-17-4)13-15-10-12(18-13)9-14-8-11(2)3/h10-11,14H,5-9H2,1-4H3. The minimum atomic E-state index is 0.686. The van der Waals surface area contributed by atoms with Gasteiger partial charge in [0.15, 0.2) is 5.13 Å². The molecule has 0 amide bonds. The van der Waals surface area contributed by atoms with Crippen LogP contribution < -0.4 is 10.2 Å². The van der Waals surface area contributed by atoms with Gasteiger partial charge < -0.3 is 15.0 Å². The minimum Gasteiger partial charge on any atom is -0.383 e. The maximum Gasteiger partial charge on any atom is 0.185 e. The molecule has 18 heavy (non-hydrogen) atoms. The summed E-state index contributed by atoms with van der Waals surface area (Å²) in [5, 5.41) is 4.54. The van der Waals surface area contributed by atoms with Crippen LogP contribution in [0.25, 0.3) is 0 Å². The van der Waals surface area contributed by atoms with Gasteiger partial charge in [-0.3, -0.25) is 0 Å².